The average Bonchev–Trinajstić information content (AvgIpc) is 3.69. The first-order chi connectivity index (χ1) is 23.0. The lowest BCUT2D eigenvalue weighted by atomic mass is 10.1. The van der Waals surface area contributed by atoms with E-state index in [1.54, 1.807) is 37.3 Å². The second kappa shape index (κ2) is 16.6. The van der Waals surface area contributed by atoms with Gasteiger partial charge in [-0.15, -0.1) is 5.06 Å². The molecule has 0 saturated carbocycles. The van der Waals surface area contributed by atoms with Crippen molar-refractivity contribution in [1.29, 1.82) is 0 Å². The van der Waals surface area contributed by atoms with Crippen LogP contribution in [0.2, 0.25) is 0 Å². The van der Waals surface area contributed by atoms with E-state index in [9.17, 15) is 39.0 Å². The molecular weight excluding hydrogens is 636 g/mol. The fourth-order valence-electron chi connectivity index (χ4n) is 5.23. The number of rotatable bonds is 13. The van der Waals surface area contributed by atoms with E-state index in [1.165, 1.54) is 27.8 Å². The summed E-state index contributed by atoms with van der Waals surface area (Å²) in [7, 11) is 1.18. The van der Waals surface area contributed by atoms with E-state index in [0.717, 1.165) is 4.90 Å². The number of aromatic nitrogens is 2. The molecule has 3 N–H and O–H groups in total. The highest BCUT2D eigenvalue weighted by atomic mass is 16.8. The number of ether oxygens (including phenoxy) is 3. The van der Waals surface area contributed by atoms with Crippen LogP contribution in [0.1, 0.15) is 36.7 Å². The van der Waals surface area contributed by atoms with Crippen LogP contribution < -0.4 is 10.1 Å². The number of piperazine rings is 1. The topological polar surface area (TPSA) is 219 Å². The first kappa shape index (κ1) is 35.6. The molecule has 2 aromatic rings. The largest absolute Gasteiger partial charge is 0.527 e. The molecule has 0 bridgehead atoms. The Hall–Kier alpha value is -5.23. The van der Waals surface area contributed by atoms with Gasteiger partial charge in [0, 0.05) is 38.5 Å². The van der Waals surface area contributed by atoms with Gasteiger partial charge in [-0.1, -0.05) is 18.2 Å². The zero-order valence-electron chi connectivity index (χ0n) is 26.5. The van der Waals surface area contributed by atoms with E-state index in [4.69, 9.17) is 19.0 Å². The van der Waals surface area contributed by atoms with Gasteiger partial charge >= 0.3 is 18.1 Å². The number of hydrogen-bond donors (Lipinski definition) is 3. The fourth-order valence-corrected chi connectivity index (χ4v) is 5.23. The van der Waals surface area contributed by atoms with E-state index < -0.39 is 67.0 Å². The molecule has 0 unspecified atom stereocenters. The van der Waals surface area contributed by atoms with Crippen LogP contribution >= 0.6 is 0 Å². The van der Waals surface area contributed by atoms with E-state index in [1.807, 2.05) is 0 Å². The maximum absolute atomic E-state index is 13.5. The highest BCUT2D eigenvalue weighted by molar-refractivity contribution is 5.96. The molecule has 3 atom stereocenters. The molecule has 2 aliphatic heterocycles. The van der Waals surface area contributed by atoms with Gasteiger partial charge in [0.25, 0.3) is 11.8 Å². The van der Waals surface area contributed by atoms with Gasteiger partial charge in [0.05, 0.1) is 38.6 Å². The van der Waals surface area contributed by atoms with Gasteiger partial charge in [0.15, 0.2) is 12.3 Å². The number of aliphatic carboxylic acids is 1. The third-order valence-corrected chi connectivity index (χ3v) is 7.59. The standard InChI is InChI=1S/C30H38N6O12/c1-3-46-30(44)48-34-13-11-33(12-14-34)28(42)21(9-10-26(39)40)31-27(41)22-16-25(36(32-22)19-7-5-4-6-8-19)47-18-24(38)35-17-20(37)15-23(35)29(43)45-2/h4-8,16,20-21,23,37H,3,9-15,17-18H2,1-2H3,(H,31,41)(H,39,40)/t20-,21-,23-/m0/s1. The Kier molecular flexibility index (Phi) is 12.3. The van der Waals surface area contributed by atoms with Gasteiger partial charge < -0.3 is 44.4 Å². The van der Waals surface area contributed by atoms with E-state index in [0.29, 0.717) is 5.69 Å². The monoisotopic (exact) mass is 674 g/mol. The number of para-hydroxylation sites is 1. The minimum Gasteiger partial charge on any atom is -0.481 e. The molecule has 2 fully saturated rings. The van der Waals surface area contributed by atoms with Crippen LogP contribution in [0.4, 0.5) is 4.79 Å². The number of carboxylic acid groups (broad SMARTS) is 1. The Labute approximate surface area is 275 Å². The molecule has 18 nitrogen and oxygen atoms in total. The lowest BCUT2D eigenvalue weighted by Crippen LogP contribution is -2.55. The quantitative estimate of drug-likeness (QED) is 0.230. The summed E-state index contributed by atoms with van der Waals surface area (Å²) in [6.45, 7) is 1.73. The van der Waals surface area contributed by atoms with Crippen molar-refractivity contribution in [1.82, 2.24) is 30.0 Å². The summed E-state index contributed by atoms with van der Waals surface area (Å²) in [6, 6.07) is 7.61. The molecular formula is C30H38N6O12. The maximum Gasteiger partial charge on any atom is 0.527 e. The molecule has 0 aliphatic carbocycles. The molecule has 2 saturated heterocycles. The summed E-state index contributed by atoms with van der Waals surface area (Å²) in [5.41, 5.74) is 0.288. The lowest BCUT2D eigenvalue weighted by molar-refractivity contribution is -0.157. The summed E-state index contributed by atoms with van der Waals surface area (Å²) in [4.78, 5) is 82.7. The minimum absolute atomic E-state index is 0.0137. The molecule has 2 aliphatic rings. The summed E-state index contributed by atoms with van der Waals surface area (Å²) in [6.07, 6.45) is -2.38. The lowest BCUT2D eigenvalue weighted by Gasteiger charge is -2.35. The highest BCUT2D eigenvalue weighted by Crippen LogP contribution is 2.23. The van der Waals surface area contributed by atoms with Crippen LogP contribution in [0.15, 0.2) is 36.4 Å². The van der Waals surface area contributed by atoms with Crippen LogP contribution in [-0.4, -0.2) is 142 Å². The molecule has 3 amide bonds. The molecule has 1 aromatic heterocycles. The minimum atomic E-state index is -1.23. The summed E-state index contributed by atoms with van der Waals surface area (Å²) in [5.74, 6) is -3.79. The van der Waals surface area contributed by atoms with Crippen molar-refractivity contribution in [3.63, 3.8) is 0 Å². The predicted octanol–water partition coefficient (Wildman–Crippen LogP) is -0.419. The third-order valence-electron chi connectivity index (χ3n) is 7.59. The molecule has 4 rings (SSSR count). The number of esters is 1. The fraction of sp³-hybridized carbons (Fsp3) is 0.500. The predicted molar refractivity (Wildman–Crippen MR) is 162 cm³/mol. The van der Waals surface area contributed by atoms with E-state index in [2.05, 4.69) is 10.4 Å². The number of hydroxylamine groups is 2. The van der Waals surface area contributed by atoms with Crippen molar-refractivity contribution in [2.75, 3.05) is 53.0 Å². The zero-order chi connectivity index (χ0) is 34.8. The van der Waals surface area contributed by atoms with Crippen molar-refractivity contribution in [2.24, 2.45) is 0 Å². The second-order valence-electron chi connectivity index (χ2n) is 10.9. The number of amides is 3. The van der Waals surface area contributed by atoms with Crippen LogP contribution in [0.25, 0.3) is 5.69 Å². The summed E-state index contributed by atoms with van der Waals surface area (Å²) >= 11 is 0. The normalized spacial score (nSPS) is 18.5. The smallest absolute Gasteiger partial charge is 0.481 e. The number of nitrogens with one attached hydrogen (secondary N) is 1. The Bertz CT molecular complexity index is 1480. The van der Waals surface area contributed by atoms with Gasteiger partial charge in [-0.05, 0) is 25.5 Å². The van der Waals surface area contributed by atoms with Crippen molar-refractivity contribution in [3.8, 4) is 11.6 Å². The third kappa shape index (κ3) is 9.19. The Morgan fingerprint density at radius 3 is 2.42 bits per heavy atom. The molecule has 3 heterocycles. The molecule has 48 heavy (non-hydrogen) atoms. The number of nitrogens with zero attached hydrogens (tertiary/aromatic N) is 5. The van der Waals surface area contributed by atoms with Crippen molar-refractivity contribution in [2.45, 2.75) is 44.4 Å². The van der Waals surface area contributed by atoms with Gasteiger partial charge in [0.1, 0.15) is 12.1 Å². The van der Waals surface area contributed by atoms with Crippen LogP contribution in [0.5, 0.6) is 5.88 Å². The number of benzene rings is 1. The van der Waals surface area contributed by atoms with Crippen LogP contribution in [0, 0.1) is 0 Å². The van der Waals surface area contributed by atoms with Crippen LogP contribution in [0.3, 0.4) is 0 Å². The second-order valence-corrected chi connectivity index (χ2v) is 10.9. The maximum atomic E-state index is 13.5. The van der Waals surface area contributed by atoms with Crippen molar-refractivity contribution >= 4 is 35.8 Å². The highest BCUT2D eigenvalue weighted by Gasteiger charge is 2.40. The number of methoxy groups -OCH3 is 1. The molecule has 0 spiro atoms. The molecule has 1 aromatic carbocycles. The summed E-state index contributed by atoms with van der Waals surface area (Å²) < 4.78 is 16.5. The Morgan fingerprint density at radius 1 is 1.06 bits per heavy atom. The van der Waals surface area contributed by atoms with Gasteiger partial charge in [-0.2, -0.15) is 5.10 Å². The number of likely N-dealkylation sites (tertiary alicyclic amines) is 1. The number of aliphatic hydroxyl groups is 1. The van der Waals surface area contributed by atoms with Crippen LogP contribution in [-0.2, 0) is 33.5 Å². The molecule has 0 radical (unpaired) electrons. The average molecular weight is 675 g/mol. The number of hydrogen-bond acceptors (Lipinski definition) is 13. The van der Waals surface area contributed by atoms with Crippen molar-refractivity contribution in [3.05, 3.63) is 42.1 Å². The number of carbonyl (C=O) groups is 6. The first-order valence-corrected chi connectivity index (χ1v) is 15.2. The molecule has 18 heteroatoms. The van der Waals surface area contributed by atoms with E-state index >= 15 is 0 Å². The first-order valence-electron chi connectivity index (χ1n) is 15.2. The van der Waals surface area contributed by atoms with Gasteiger partial charge in [-0.25, -0.2) is 14.3 Å². The SMILES string of the molecule is CCOC(=O)ON1CCN(C(=O)[C@H](CCC(=O)O)NC(=O)c2cc(OCC(=O)N3C[C@@H](O)C[C@H]3C(=O)OC)n(-c3ccccc3)n2)CC1. The number of carboxylic acids is 1. The zero-order valence-corrected chi connectivity index (χ0v) is 26.5. The summed E-state index contributed by atoms with van der Waals surface area (Å²) in [5, 5.41) is 27.6. The van der Waals surface area contributed by atoms with Crippen molar-refractivity contribution < 1.29 is 58.0 Å². The number of aliphatic hydroxyl groups excluding tert-OH is 1. The van der Waals surface area contributed by atoms with Gasteiger partial charge in [0.2, 0.25) is 11.8 Å². The van der Waals surface area contributed by atoms with E-state index in [-0.39, 0.29) is 63.7 Å². The number of carbonyl (C=O) groups excluding carboxylic acids is 5. The Balaban J connectivity index is 1.48. The van der Waals surface area contributed by atoms with Gasteiger partial charge in [-0.3, -0.25) is 19.2 Å². The number of β-amino-alcohol motifs (C(OH)–C–C–N with tert-alkyl or cyclic N) is 1. The Morgan fingerprint density at radius 2 is 1.77 bits per heavy atom. The molecule has 260 valence electrons.